The number of nitrogens with one attached hydrogen (secondary N) is 1. The Kier molecular flexibility index (Phi) is 11.0. The van der Waals surface area contributed by atoms with E-state index >= 15 is 0 Å². The Morgan fingerprint density at radius 3 is 2.54 bits per heavy atom. The van der Waals surface area contributed by atoms with Gasteiger partial charge in [-0.25, -0.2) is 4.99 Å². The second kappa shape index (κ2) is 12.9. The van der Waals surface area contributed by atoms with Crippen LogP contribution in [0.4, 0.5) is 0 Å². The van der Waals surface area contributed by atoms with Crippen LogP contribution in [0.15, 0.2) is 29.3 Å². The molecular formula is C21H35IN4OS. The van der Waals surface area contributed by atoms with Gasteiger partial charge in [-0.2, -0.15) is 11.8 Å². The van der Waals surface area contributed by atoms with Crippen molar-refractivity contribution in [3.05, 3.63) is 35.4 Å². The van der Waals surface area contributed by atoms with Gasteiger partial charge in [-0.3, -0.25) is 4.90 Å². The van der Waals surface area contributed by atoms with Crippen LogP contribution in [0.2, 0.25) is 0 Å². The Morgan fingerprint density at radius 2 is 1.86 bits per heavy atom. The Hall–Kier alpha value is -0.510. The smallest absolute Gasteiger partial charge is 0.194 e. The molecule has 5 nitrogen and oxygen atoms in total. The maximum Gasteiger partial charge on any atom is 0.194 e. The first-order valence-electron chi connectivity index (χ1n) is 10.3. The van der Waals surface area contributed by atoms with Gasteiger partial charge in [-0.05, 0) is 24.5 Å². The average Bonchev–Trinajstić information content (AvgIpc) is 2.73. The zero-order valence-electron chi connectivity index (χ0n) is 17.2. The molecule has 1 aromatic carbocycles. The number of aliphatic imine (C=N–C) groups is 1. The summed E-state index contributed by atoms with van der Waals surface area (Å²) in [6.07, 6.45) is 1.23. The molecule has 1 aromatic rings. The van der Waals surface area contributed by atoms with E-state index in [0.717, 1.165) is 70.2 Å². The normalized spacial score (nSPS) is 21.3. The van der Waals surface area contributed by atoms with Crippen LogP contribution >= 0.6 is 35.7 Å². The summed E-state index contributed by atoms with van der Waals surface area (Å²) < 4.78 is 5.43. The number of halogens is 1. The standard InChI is InChI=1S/C21H34N4OS.HI/c1-3-20-17-25(11-14-27-20)21(22-4-2)23-15-18-5-7-19(8-6-18)16-24-9-12-26-13-10-24;/h5-8,20H,3-4,9-17H2,1-2H3,(H,22,23);1H. The first kappa shape index (κ1) is 23.8. The molecule has 2 saturated heterocycles. The molecule has 0 amide bonds. The molecule has 1 atom stereocenters. The van der Waals surface area contributed by atoms with E-state index in [2.05, 4.69) is 65.0 Å². The molecule has 7 heteroatoms. The fraction of sp³-hybridized carbons (Fsp3) is 0.667. The minimum absolute atomic E-state index is 0. The van der Waals surface area contributed by atoms with Crippen LogP contribution in [0.3, 0.4) is 0 Å². The first-order valence-corrected chi connectivity index (χ1v) is 11.4. The van der Waals surface area contributed by atoms with Crippen LogP contribution in [-0.2, 0) is 17.8 Å². The van der Waals surface area contributed by atoms with Gasteiger partial charge in [0.25, 0.3) is 0 Å². The topological polar surface area (TPSA) is 40.1 Å². The SMILES string of the molecule is CCNC(=NCc1ccc(CN2CCOCC2)cc1)N1CCSC(CC)C1.I. The summed E-state index contributed by atoms with van der Waals surface area (Å²) in [5.74, 6) is 2.26. The van der Waals surface area contributed by atoms with Gasteiger partial charge in [0.1, 0.15) is 0 Å². The molecule has 0 saturated carbocycles. The van der Waals surface area contributed by atoms with Crippen molar-refractivity contribution in [1.29, 1.82) is 0 Å². The van der Waals surface area contributed by atoms with Crippen molar-refractivity contribution in [2.24, 2.45) is 4.99 Å². The van der Waals surface area contributed by atoms with Crippen LogP contribution in [0.5, 0.6) is 0 Å². The highest BCUT2D eigenvalue weighted by molar-refractivity contribution is 14.0. The predicted molar refractivity (Wildman–Crippen MR) is 131 cm³/mol. The maximum absolute atomic E-state index is 5.43. The molecule has 0 spiro atoms. The number of thioether (sulfide) groups is 1. The molecule has 28 heavy (non-hydrogen) atoms. The predicted octanol–water partition coefficient (Wildman–Crippen LogP) is 3.43. The molecule has 1 unspecified atom stereocenters. The van der Waals surface area contributed by atoms with Gasteiger partial charge in [0.15, 0.2) is 5.96 Å². The minimum Gasteiger partial charge on any atom is -0.379 e. The monoisotopic (exact) mass is 518 g/mol. The molecule has 0 radical (unpaired) electrons. The molecule has 0 aliphatic carbocycles. The number of rotatable bonds is 6. The first-order chi connectivity index (χ1) is 13.3. The number of guanidine groups is 1. The van der Waals surface area contributed by atoms with E-state index < -0.39 is 0 Å². The van der Waals surface area contributed by atoms with Gasteiger partial charge >= 0.3 is 0 Å². The number of morpholine rings is 1. The van der Waals surface area contributed by atoms with E-state index in [9.17, 15) is 0 Å². The third kappa shape index (κ3) is 7.39. The molecular weight excluding hydrogens is 483 g/mol. The third-order valence-electron chi connectivity index (χ3n) is 5.17. The van der Waals surface area contributed by atoms with Gasteiger partial charge in [0.2, 0.25) is 0 Å². The molecule has 2 aliphatic rings. The minimum atomic E-state index is 0. The van der Waals surface area contributed by atoms with Crippen molar-refractivity contribution in [1.82, 2.24) is 15.1 Å². The van der Waals surface area contributed by atoms with Crippen molar-refractivity contribution in [2.75, 3.05) is 51.7 Å². The van der Waals surface area contributed by atoms with E-state index in [1.54, 1.807) is 0 Å². The van der Waals surface area contributed by atoms with Gasteiger partial charge in [-0.1, -0.05) is 31.2 Å². The Labute approximate surface area is 191 Å². The highest BCUT2D eigenvalue weighted by Crippen LogP contribution is 2.21. The Bertz CT molecular complexity index is 593. The van der Waals surface area contributed by atoms with Crippen LogP contribution < -0.4 is 5.32 Å². The quantitative estimate of drug-likeness (QED) is 0.355. The summed E-state index contributed by atoms with van der Waals surface area (Å²) in [4.78, 5) is 9.81. The zero-order chi connectivity index (χ0) is 18.9. The maximum atomic E-state index is 5.43. The van der Waals surface area contributed by atoms with Crippen LogP contribution in [-0.4, -0.2) is 72.7 Å². The van der Waals surface area contributed by atoms with Gasteiger partial charge in [0, 0.05) is 50.3 Å². The Morgan fingerprint density at radius 1 is 1.14 bits per heavy atom. The summed E-state index contributed by atoms with van der Waals surface area (Å²) in [6.45, 7) is 13.1. The number of hydrogen-bond donors (Lipinski definition) is 1. The van der Waals surface area contributed by atoms with Crippen LogP contribution in [0.1, 0.15) is 31.4 Å². The molecule has 2 fully saturated rings. The van der Waals surface area contributed by atoms with Crippen molar-refractivity contribution < 1.29 is 4.74 Å². The lowest BCUT2D eigenvalue weighted by Crippen LogP contribution is -2.48. The second-order valence-corrected chi connectivity index (χ2v) is 8.63. The molecule has 0 bridgehead atoms. The molecule has 0 aromatic heterocycles. The van der Waals surface area contributed by atoms with E-state index in [4.69, 9.17) is 9.73 Å². The second-order valence-electron chi connectivity index (χ2n) is 7.22. The third-order valence-corrected chi connectivity index (χ3v) is 6.54. The fourth-order valence-electron chi connectivity index (χ4n) is 3.52. The molecule has 1 N–H and O–H groups in total. The summed E-state index contributed by atoms with van der Waals surface area (Å²) in [5.41, 5.74) is 2.64. The molecule has 2 aliphatic heterocycles. The van der Waals surface area contributed by atoms with Crippen molar-refractivity contribution in [3.8, 4) is 0 Å². The number of benzene rings is 1. The average molecular weight is 519 g/mol. The molecule has 3 rings (SSSR count). The van der Waals surface area contributed by atoms with E-state index in [1.807, 2.05) is 0 Å². The fourth-order valence-corrected chi connectivity index (χ4v) is 4.70. The van der Waals surface area contributed by atoms with Crippen molar-refractivity contribution >= 4 is 41.7 Å². The van der Waals surface area contributed by atoms with Crippen LogP contribution in [0.25, 0.3) is 0 Å². The number of hydrogen-bond acceptors (Lipinski definition) is 4. The van der Waals surface area contributed by atoms with Gasteiger partial charge in [0.05, 0.1) is 19.8 Å². The largest absolute Gasteiger partial charge is 0.379 e. The van der Waals surface area contributed by atoms with Crippen molar-refractivity contribution in [3.63, 3.8) is 0 Å². The summed E-state index contributed by atoms with van der Waals surface area (Å²) >= 11 is 2.10. The number of ether oxygens (including phenoxy) is 1. The van der Waals surface area contributed by atoms with Crippen LogP contribution in [0, 0.1) is 0 Å². The highest BCUT2D eigenvalue weighted by Gasteiger charge is 2.21. The lowest BCUT2D eigenvalue weighted by molar-refractivity contribution is 0.0342. The van der Waals surface area contributed by atoms with E-state index in [-0.39, 0.29) is 24.0 Å². The summed E-state index contributed by atoms with van der Waals surface area (Å²) in [6, 6.07) is 8.95. The van der Waals surface area contributed by atoms with E-state index in [1.165, 1.54) is 23.3 Å². The van der Waals surface area contributed by atoms with Crippen molar-refractivity contribution in [2.45, 2.75) is 38.6 Å². The lowest BCUT2D eigenvalue weighted by Gasteiger charge is -2.34. The highest BCUT2D eigenvalue weighted by atomic mass is 127. The molecule has 2 heterocycles. The number of nitrogens with zero attached hydrogens (tertiary/aromatic N) is 3. The lowest BCUT2D eigenvalue weighted by atomic mass is 10.1. The van der Waals surface area contributed by atoms with Gasteiger partial charge < -0.3 is 15.0 Å². The zero-order valence-corrected chi connectivity index (χ0v) is 20.4. The molecule has 158 valence electrons. The summed E-state index contributed by atoms with van der Waals surface area (Å²) in [5, 5.41) is 4.21. The Balaban J connectivity index is 0.00000280. The summed E-state index contributed by atoms with van der Waals surface area (Å²) in [7, 11) is 0. The van der Waals surface area contributed by atoms with E-state index in [0.29, 0.717) is 0 Å². The van der Waals surface area contributed by atoms with Gasteiger partial charge in [-0.15, -0.1) is 24.0 Å².